The molecule has 11 heavy (non-hydrogen) atoms. The molecule has 0 fully saturated rings. The second-order valence-electron chi connectivity index (χ2n) is 1.74. The summed E-state index contributed by atoms with van der Waals surface area (Å²) in [5.74, 6) is 0. The lowest BCUT2D eigenvalue weighted by Crippen LogP contribution is -2.23. The summed E-state index contributed by atoms with van der Waals surface area (Å²) < 4.78 is 60.8. The van der Waals surface area contributed by atoms with Crippen LogP contribution in [0.5, 0.6) is 0 Å². The Bertz CT molecular complexity index is 98.9. The third-order valence-corrected chi connectivity index (χ3v) is 0.902. The molecule has 0 aromatic carbocycles. The predicted molar refractivity (Wildman–Crippen MR) is 27.5 cm³/mol. The summed E-state index contributed by atoms with van der Waals surface area (Å²) in [4.78, 5) is 0. The first kappa shape index (κ1) is 10.6. The molecule has 0 bridgehead atoms. The van der Waals surface area contributed by atoms with Gasteiger partial charge in [-0.25, -0.2) is 8.78 Å². The van der Waals surface area contributed by atoms with Gasteiger partial charge in [-0.2, -0.15) is 8.78 Å². The van der Waals surface area contributed by atoms with Crippen LogP contribution in [-0.4, -0.2) is 25.8 Å². The first-order chi connectivity index (χ1) is 5.07. The van der Waals surface area contributed by atoms with Gasteiger partial charge in [0.05, 0.1) is 6.67 Å². The van der Waals surface area contributed by atoms with Crippen molar-refractivity contribution in [2.45, 2.75) is 25.6 Å². The molecule has 0 aromatic heterocycles. The van der Waals surface area contributed by atoms with Crippen LogP contribution in [0.25, 0.3) is 0 Å². The Morgan fingerprint density at radius 3 is 2.00 bits per heavy atom. The quantitative estimate of drug-likeness (QED) is 0.586. The van der Waals surface area contributed by atoms with Gasteiger partial charge in [-0.05, 0) is 0 Å². The molecule has 0 spiro atoms. The van der Waals surface area contributed by atoms with Crippen molar-refractivity contribution in [3.63, 3.8) is 0 Å². The van der Waals surface area contributed by atoms with Gasteiger partial charge in [0, 0.05) is 6.42 Å². The number of rotatable bonds is 5. The number of hydrogen-bond donors (Lipinski definition) is 0. The molecule has 0 rings (SSSR count). The smallest absolute Gasteiger partial charge is 0.285 e. The average Bonchev–Trinajstić information content (AvgIpc) is 1.86. The third kappa shape index (κ3) is 4.94. The van der Waals surface area contributed by atoms with E-state index in [9.17, 15) is 22.0 Å². The fourth-order valence-corrected chi connectivity index (χ4v) is 0.419. The molecule has 0 radical (unpaired) electrons. The Hall–Kier alpha value is -0.390. The van der Waals surface area contributed by atoms with Crippen LogP contribution in [0.3, 0.4) is 0 Å². The highest BCUT2D eigenvalue weighted by Crippen LogP contribution is 2.13. The van der Waals surface area contributed by atoms with E-state index in [0.29, 0.717) is 0 Å². The van der Waals surface area contributed by atoms with Crippen LogP contribution in [0.2, 0.25) is 0 Å². The van der Waals surface area contributed by atoms with E-state index >= 15 is 0 Å². The van der Waals surface area contributed by atoms with E-state index in [1.807, 2.05) is 0 Å². The van der Waals surface area contributed by atoms with Gasteiger partial charge in [0.2, 0.25) is 6.36 Å². The van der Waals surface area contributed by atoms with Crippen molar-refractivity contribution in [2.24, 2.45) is 0 Å². The van der Waals surface area contributed by atoms with Gasteiger partial charge in [-0.1, -0.05) is 0 Å². The lowest BCUT2D eigenvalue weighted by molar-refractivity contribution is -0.219. The Morgan fingerprint density at radius 2 is 1.64 bits per heavy atom. The molecular weight excluding hydrogens is 171 g/mol. The monoisotopic (exact) mass is 178 g/mol. The molecule has 2 unspecified atom stereocenters. The van der Waals surface area contributed by atoms with Gasteiger partial charge in [-0.15, -0.1) is 0 Å². The largest absolute Gasteiger partial charge is 0.347 e. The summed E-state index contributed by atoms with van der Waals surface area (Å²) in [6, 6.07) is 0. The van der Waals surface area contributed by atoms with Gasteiger partial charge in [-0.3, -0.25) is 9.13 Å². The molecule has 0 aliphatic rings. The molecule has 0 heterocycles. The minimum atomic E-state index is -3.37. The number of halogens is 5. The van der Waals surface area contributed by atoms with E-state index < -0.39 is 32.2 Å². The zero-order valence-corrected chi connectivity index (χ0v) is 5.44. The number of hydrogen-bond acceptors (Lipinski definition) is 1. The summed E-state index contributed by atoms with van der Waals surface area (Å²) in [5, 5.41) is 0. The van der Waals surface area contributed by atoms with Crippen LogP contribution in [-0.2, 0) is 4.74 Å². The fraction of sp³-hybridized carbons (Fsp3) is 1.00. The summed E-state index contributed by atoms with van der Waals surface area (Å²) in [6.45, 7) is -4.48. The lowest BCUT2D eigenvalue weighted by Gasteiger charge is -2.11. The topological polar surface area (TPSA) is 9.23 Å². The fourth-order valence-electron chi connectivity index (χ4n) is 0.419. The lowest BCUT2D eigenvalue weighted by atomic mass is 10.3. The number of alkyl halides is 5. The zero-order valence-electron chi connectivity index (χ0n) is 5.44. The molecule has 68 valence electrons. The van der Waals surface area contributed by atoms with E-state index in [4.69, 9.17) is 0 Å². The van der Waals surface area contributed by atoms with Gasteiger partial charge in [0.15, 0.2) is 6.17 Å². The summed E-state index contributed by atoms with van der Waals surface area (Å²) in [5.41, 5.74) is 0. The molecule has 0 saturated carbocycles. The van der Waals surface area contributed by atoms with Crippen molar-refractivity contribution in [1.29, 1.82) is 0 Å². The van der Waals surface area contributed by atoms with Crippen LogP contribution in [0, 0.1) is 0 Å². The highest BCUT2D eigenvalue weighted by Gasteiger charge is 2.24. The third-order valence-electron chi connectivity index (χ3n) is 0.902. The normalized spacial score (nSPS) is 16.9. The Labute approximate surface area is 60.1 Å². The number of ether oxygens (including phenoxy) is 1. The first-order valence-corrected chi connectivity index (χ1v) is 2.85. The predicted octanol–water partition coefficient (Wildman–Crippen LogP) is 2.22. The molecule has 0 aliphatic carbocycles. The Balaban J connectivity index is 3.54. The van der Waals surface area contributed by atoms with E-state index in [2.05, 4.69) is 4.74 Å². The van der Waals surface area contributed by atoms with Crippen molar-refractivity contribution in [3.8, 4) is 0 Å². The van der Waals surface area contributed by atoms with Gasteiger partial charge in [0.1, 0.15) is 0 Å². The van der Waals surface area contributed by atoms with E-state index in [-0.39, 0.29) is 0 Å². The second kappa shape index (κ2) is 5.29. The van der Waals surface area contributed by atoms with E-state index in [1.165, 1.54) is 0 Å². The maximum atomic E-state index is 12.1. The molecule has 0 N–H and O–H groups in total. The van der Waals surface area contributed by atoms with Gasteiger partial charge >= 0.3 is 6.61 Å². The molecule has 0 saturated heterocycles. The molecule has 0 amide bonds. The van der Waals surface area contributed by atoms with Crippen molar-refractivity contribution >= 4 is 0 Å². The highest BCUT2D eigenvalue weighted by molar-refractivity contribution is 4.58. The van der Waals surface area contributed by atoms with Crippen molar-refractivity contribution < 1.29 is 26.7 Å². The molecule has 1 nitrogen and oxygen atoms in total. The van der Waals surface area contributed by atoms with Crippen LogP contribution < -0.4 is 0 Å². The first-order valence-electron chi connectivity index (χ1n) is 2.85. The van der Waals surface area contributed by atoms with Crippen LogP contribution in [0.15, 0.2) is 0 Å². The Kier molecular flexibility index (Phi) is 5.10. The minimum Gasteiger partial charge on any atom is -0.285 e. The maximum Gasteiger partial charge on any atom is 0.347 e. The zero-order chi connectivity index (χ0) is 8.85. The summed E-state index contributed by atoms with van der Waals surface area (Å²) >= 11 is 0. The SMILES string of the molecule is FCCC(F)C(F)OC(F)F. The summed E-state index contributed by atoms with van der Waals surface area (Å²) in [7, 11) is 0. The van der Waals surface area contributed by atoms with Gasteiger partial charge < -0.3 is 0 Å². The summed E-state index contributed by atoms with van der Waals surface area (Å²) in [6.07, 6.45) is -5.84. The minimum absolute atomic E-state index is 0.770. The standard InChI is InChI=1S/C5H7F5O/c6-2-1-3(7)4(8)11-5(9)10/h3-5H,1-2H2. The molecule has 6 heteroatoms. The van der Waals surface area contributed by atoms with Gasteiger partial charge in [0.25, 0.3) is 0 Å². The Morgan fingerprint density at radius 1 is 1.09 bits per heavy atom. The molecule has 2 atom stereocenters. The van der Waals surface area contributed by atoms with Crippen LogP contribution in [0.4, 0.5) is 22.0 Å². The van der Waals surface area contributed by atoms with Crippen molar-refractivity contribution in [1.82, 2.24) is 0 Å². The van der Waals surface area contributed by atoms with Crippen molar-refractivity contribution in [3.05, 3.63) is 0 Å². The van der Waals surface area contributed by atoms with E-state index in [1.54, 1.807) is 0 Å². The molecular formula is C5H7F5O. The molecule has 0 aliphatic heterocycles. The second-order valence-corrected chi connectivity index (χ2v) is 1.74. The van der Waals surface area contributed by atoms with Crippen molar-refractivity contribution in [2.75, 3.05) is 6.67 Å². The van der Waals surface area contributed by atoms with E-state index in [0.717, 1.165) is 0 Å². The maximum absolute atomic E-state index is 12.1. The molecule has 0 aromatic rings. The highest BCUT2D eigenvalue weighted by atomic mass is 19.3. The van der Waals surface area contributed by atoms with Crippen LogP contribution in [0.1, 0.15) is 6.42 Å². The average molecular weight is 178 g/mol. The van der Waals surface area contributed by atoms with Crippen LogP contribution >= 0.6 is 0 Å².